The van der Waals surface area contributed by atoms with Crippen molar-refractivity contribution in [2.75, 3.05) is 23.7 Å². The van der Waals surface area contributed by atoms with Crippen molar-refractivity contribution in [1.82, 2.24) is 25.7 Å². The molecule has 4 N–H and O–H groups in total. The second kappa shape index (κ2) is 11.3. The molecule has 3 heterocycles. The van der Waals surface area contributed by atoms with Gasteiger partial charge < -0.3 is 16.0 Å². The van der Waals surface area contributed by atoms with Crippen LogP contribution in [0.15, 0.2) is 78.2 Å². The van der Waals surface area contributed by atoms with Gasteiger partial charge in [-0.05, 0) is 48.4 Å². The number of hydrogen-bond donors (Lipinski definition) is 4. The predicted molar refractivity (Wildman–Crippen MR) is 153 cm³/mol. The Kier molecular flexibility index (Phi) is 7.61. The number of H-pyrrole nitrogens is 1. The largest absolute Gasteiger partial charge is 0.373 e. The molecule has 4 aromatic rings. The number of pyridine rings is 1. The normalized spacial score (nSPS) is 14.1. The SMILES string of the molecule is C=C(/C=C\C1=C(C)CNC1)[C@H](Nc1cc(Cl)c2ncc(C#N)c(Nc3ccc(F)c(Cl)c3)c2c1)c1cn[nH]n1. The maximum atomic E-state index is 13.7. The Labute approximate surface area is 234 Å². The summed E-state index contributed by atoms with van der Waals surface area (Å²) in [7, 11) is 0. The Bertz CT molecular complexity index is 1670. The number of hydrogen-bond acceptors (Lipinski definition) is 7. The van der Waals surface area contributed by atoms with Gasteiger partial charge in [-0.1, -0.05) is 47.5 Å². The van der Waals surface area contributed by atoms with Crippen LogP contribution in [-0.2, 0) is 0 Å². The third-order valence-electron chi connectivity index (χ3n) is 6.40. The number of nitriles is 1. The van der Waals surface area contributed by atoms with E-state index in [-0.39, 0.29) is 10.6 Å². The minimum atomic E-state index is -0.541. The van der Waals surface area contributed by atoms with Crippen LogP contribution in [0.2, 0.25) is 10.0 Å². The summed E-state index contributed by atoms with van der Waals surface area (Å²) >= 11 is 12.6. The van der Waals surface area contributed by atoms with E-state index in [1.807, 2.05) is 12.1 Å². The first kappa shape index (κ1) is 26.4. The summed E-state index contributed by atoms with van der Waals surface area (Å²) in [5.41, 5.74) is 6.29. The van der Waals surface area contributed by atoms with Crippen LogP contribution in [0.5, 0.6) is 0 Å². The average Bonchev–Trinajstić information content (AvgIpc) is 3.60. The molecule has 0 saturated heterocycles. The van der Waals surface area contributed by atoms with Crippen LogP contribution < -0.4 is 16.0 Å². The van der Waals surface area contributed by atoms with E-state index in [1.54, 1.807) is 12.3 Å². The van der Waals surface area contributed by atoms with Crippen molar-refractivity contribution < 1.29 is 4.39 Å². The topological polar surface area (TPSA) is 114 Å². The number of benzene rings is 2. The first-order valence-corrected chi connectivity index (χ1v) is 12.7. The van der Waals surface area contributed by atoms with Crippen molar-refractivity contribution in [3.8, 4) is 6.07 Å². The summed E-state index contributed by atoms with van der Waals surface area (Å²) in [5, 5.41) is 31.5. The van der Waals surface area contributed by atoms with E-state index in [4.69, 9.17) is 23.2 Å². The molecule has 11 heteroatoms. The molecule has 8 nitrogen and oxygen atoms in total. The number of aromatic nitrogens is 4. The molecule has 0 bridgehead atoms. The Morgan fingerprint density at radius 1 is 1.18 bits per heavy atom. The van der Waals surface area contributed by atoms with Crippen molar-refractivity contribution >= 4 is 51.2 Å². The van der Waals surface area contributed by atoms with Gasteiger partial charge in [-0.2, -0.15) is 20.7 Å². The van der Waals surface area contributed by atoms with Gasteiger partial charge in [0.15, 0.2) is 0 Å². The molecule has 1 aliphatic heterocycles. The number of aromatic amines is 1. The molecular weight excluding hydrogens is 538 g/mol. The third kappa shape index (κ3) is 5.64. The van der Waals surface area contributed by atoms with Crippen LogP contribution in [0.25, 0.3) is 10.9 Å². The summed E-state index contributed by atoms with van der Waals surface area (Å²) < 4.78 is 13.7. The first-order valence-electron chi connectivity index (χ1n) is 12.0. The second-order valence-corrected chi connectivity index (χ2v) is 9.87. The molecule has 1 atom stereocenters. The Balaban J connectivity index is 1.54. The summed E-state index contributed by atoms with van der Waals surface area (Å²) in [5.74, 6) is -0.541. The first-order chi connectivity index (χ1) is 18.8. The van der Waals surface area contributed by atoms with E-state index in [0.29, 0.717) is 38.7 Å². The van der Waals surface area contributed by atoms with Gasteiger partial charge in [0, 0.05) is 36.0 Å². The van der Waals surface area contributed by atoms with Gasteiger partial charge in [0.25, 0.3) is 0 Å². The molecule has 0 unspecified atom stereocenters. The minimum absolute atomic E-state index is 0.0429. The van der Waals surface area contributed by atoms with Gasteiger partial charge in [-0.15, -0.1) is 0 Å². The fourth-order valence-electron chi connectivity index (χ4n) is 4.31. The Morgan fingerprint density at radius 2 is 2.00 bits per heavy atom. The average molecular weight is 561 g/mol. The molecule has 0 radical (unpaired) electrons. The highest BCUT2D eigenvalue weighted by Crippen LogP contribution is 2.37. The lowest BCUT2D eigenvalue weighted by Gasteiger charge is -2.20. The number of nitrogens with one attached hydrogen (secondary N) is 4. The summed E-state index contributed by atoms with van der Waals surface area (Å²) in [4.78, 5) is 4.40. The highest BCUT2D eigenvalue weighted by molar-refractivity contribution is 6.36. The van der Waals surface area contributed by atoms with Crippen LogP contribution >= 0.6 is 23.2 Å². The van der Waals surface area contributed by atoms with Crippen molar-refractivity contribution in [2.45, 2.75) is 13.0 Å². The fraction of sp³-hybridized carbons (Fsp3) is 0.143. The van der Waals surface area contributed by atoms with Crippen molar-refractivity contribution in [1.29, 1.82) is 5.26 Å². The highest BCUT2D eigenvalue weighted by atomic mass is 35.5. The van der Waals surface area contributed by atoms with Crippen molar-refractivity contribution in [3.05, 3.63) is 105 Å². The van der Waals surface area contributed by atoms with E-state index in [0.717, 1.165) is 18.7 Å². The molecule has 196 valence electrons. The molecule has 39 heavy (non-hydrogen) atoms. The van der Waals surface area contributed by atoms with Gasteiger partial charge in [-0.25, -0.2) is 4.39 Å². The zero-order chi connectivity index (χ0) is 27.5. The molecule has 2 aromatic carbocycles. The van der Waals surface area contributed by atoms with Crippen LogP contribution in [0.4, 0.5) is 21.5 Å². The van der Waals surface area contributed by atoms with Crippen LogP contribution in [0.3, 0.4) is 0 Å². The van der Waals surface area contributed by atoms with Crippen LogP contribution in [0, 0.1) is 17.1 Å². The summed E-state index contributed by atoms with van der Waals surface area (Å²) in [6, 6.07) is 9.54. The van der Waals surface area contributed by atoms with Gasteiger partial charge in [-0.3, -0.25) is 4.98 Å². The lowest BCUT2D eigenvalue weighted by atomic mass is 10.0. The molecule has 0 spiro atoms. The van der Waals surface area contributed by atoms with Gasteiger partial charge >= 0.3 is 0 Å². The smallest absolute Gasteiger partial charge is 0.141 e. The Hall–Kier alpha value is -4.23. The molecule has 5 rings (SSSR count). The number of rotatable bonds is 8. The standard InChI is InChI=1S/C28H23Cl2FN8/c1-15(3-4-17-12-33-11-16(17)2)26(25-14-35-39-38-25)37-20-7-21-27(36-19-5-6-24(31)22(29)8-19)18(10-32)13-34-28(21)23(30)9-20/h3-9,13-14,26,33,37H,1,11-12H2,2H3,(H,34,36)(H,35,38,39)/b4-3-/t26-/m0/s1. The van der Waals surface area contributed by atoms with E-state index < -0.39 is 11.9 Å². The monoisotopic (exact) mass is 560 g/mol. The van der Waals surface area contributed by atoms with Gasteiger partial charge in [0.1, 0.15) is 17.6 Å². The number of nitrogens with zero attached hydrogens (tertiary/aromatic N) is 4. The van der Waals surface area contributed by atoms with Crippen molar-refractivity contribution in [3.63, 3.8) is 0 Å². The van der Waals surface area contributed by atoms with Crippen molar-refractivity contribution in [2.24, 2.45) is 0 Å². The Morgan fingerprint density at radius 3 is 2.69 bits per heavy atom. The van der Waals surface area contributed by atoms with Crippen LogP contribution in [-0.4, -0.2) is 33.5 Å². The second-order valence-electron chi connectivity index (χ2n) is 9.06. The maximum absolute atomic E-state index is 13.7. The molecule has 1 aliphatic rings. The number of halogens is 3. The molecule has 2 aromatic heterocycles. The predicted octanol–water partition coefficient (Wildman–Crippen LogP) is 6.60. The molecule has 0 saturated carbocycles. The van der Waals surface area contributed by atoms with Crippen LogP contribution in [0.1, 0.15) is 24.2 Å². The van der Waals surface area contributed by atoms with E-state index in [2.05, 4.69) is 62.0 Å². The summed E-state index contributed by atoms with van der Waals surface area (Å²) in [6.45, 7) is 8.05. The number of fused-ring (bicyclic) bond motifs is 1. The van der Waals surface area contributed by atoms with E-state index >= 15 is 0 Å². The highest BCUT2D eigenvalue weighted by Gasteiger charge is 2.20. The minimum Gasteiger partial charge on any atom is -0.373 e. The summed E-state index contributed by atoms with van der Waals surface area (Å²) in [6.07, 6.45) is 7.08. The fourth-order valence-corrected chi connectivity index (χ4v) is 4.76. The zero-order valence-corrected chi connectivity index (χ0v) is 22.3. The molecular formula is C28H23Cl2FN8. The van der Waals surface area contributed by atoms with E-state index in [1.165, 1.54) is 35.5 Å². The lowest BCUT2D eigenvalue weighted by Crippen LogP contribution is -2.13. The molecule has 0 fully saturated rings. The number of anilines is 3. The zero-order valence-electron chi connectivity index (χ0n) is 20.8. The third-order valence-corrected chi connectivity index (χ3v) is 6.98. The molecule has 0 amide bonds. The van der Waals surface area contributed by atoms with Gasteiger partial charge in [0.2, 0.25) is 0 Å². The molecule has 0 aliphatic carbocycles. The quantitative estimate of drug-likeness (QED) is 0.179. The maximum Gasteiger partial charge on any atom is 0.141 e. The van der Waals surface area contributed by atoms with E-state index in [9.17, 15) is 9.65 Å². The lowest BCUT2D eigenvalue weighted by molar-refractivity contribution is 0.628. The van der Waals surface area contributed by atoms with Gasteiger partial charge in [0.05, 0.1) is 39.1 Å².